The molecule has 1 aromatic rings. The number of carbonyl (C=O) groups excluding carboxylic acids is 3. The summed E-state index contributed by atoms with van der Waals surface area (Å²) in [5.74, 6) is -0.992. The second-order valence-corrected chi connectivity index (χ2v) is 6.71. The van der Waals surface area contributed by atoms with Crippen LogP contribution in [0.2, 0.25) is 0 Å². The fourth-order valence-corrected chi connectivity index (χ4v) is 2.38. The minimum atomic E-state index is -0.666. The molecule has 3 N–H and O–H groups in total. The van der Waals surface area contributed by atoms with Crippen LogP contribution in [0, 0.1) is 6.92 Å². The van der Waals surface area contributed by atoms with Crippen molar-refractivity contribution in [2.45, 2.75) is 52.2 Å². The molecular weight excluding hydrogens is 314 g/mol. The van der Waals surface area contributed by atoms with Gasteiger partial charge in [0.15, 0.2) is 5.69 Å². The molecule has 0 aromatic carbocycles. The molecule has 3 amide bonds. The van der Waals surface area contributed by atoms with Crippen LogP contribution in [0.1, 0.15) is 49.8 Å². The number of carbonyl (C=O) groups is 3. The Labute approximate surface area is 140 Å². The van der Waals surface area contributed by atoms with Gasteiger partial charge in [0, 0.05) is 12.2 Å². The molecule has 0 bridgehead atoms. The third-order valence-corrected chi connectivity index (χ3v) is 3.42. The largest absolute Gasteiger partial charge is 0.444 e. The summed E-state index contributed by atoms with van der Waals surface area (Å²) < 4.78 is 5.31. The first-order chi connectivity index (χ1) is 11.2. The molecule has 0 aliphatic carbocycles. The Morgan fingerprint density at radius 2 is 2.04 bits per heavy atom. The fourth-order valence-electron chi connectivity index (χ4n) is 2.38. The predicted octanol–water partition coefficient (Wildman–Crippen LogP) is 0.879. The zero-order valence-electron chi connectivity index (χ0n) is 14.3. The number of aromatic amines is 1. The van der Waals surface area contributed by atoms with Crippen molar-refractivity contribution in [2.75, 3.05) is 6.54 Å². The van der Waals surface area contributed by atoms with Crippen molar-refractivity contribution >= 4 is 17.9 Å². The number of hydrazine groups is 1. The first kappa shape index (κ1) is 17.8. The summed E-state index contributed by atoms with van der Waals surface area (Å²) in [5.41, 5.74) is 4.91. The Balaban J connectivity index is 1.91. The van der Waals surface area contributed by atoms with E-state index in [1.54, 1.807) is 33.8 Å². The van der Waals surface area contributed by atoms with Gasteiger partial charge < -0.3 is 4.74 Å². The van der Waals surface area contributed by atoms with Crippen molar-refractivity contribution in [1.82, 2.24) is 25.9 Å². The number of H-pyrrole nitrogens is 1. The summed E-state index contributed by atoms with van der Waals surface area (Å²) in [5, 5.41) is 6.44. The van der Waals surface area contributed by atoms with Crippen molar-refractivity contribution in [2.24, 2.45) is 0 Å². The van der Waals surface area contributed by atoms with E-state index >= 15 is 0 Å². The number of hydrogen-bond acceptors (Lipinski definition) is 5. The molecule has 0 spiro atoms. The van der Waals surface area contributed by atoms with Gasteiger partial charge in [-0.05, 0) is 46.6 Å². The maximum Gasteiger partial charge on any atom is 0.410 e. The highest BCUT2D eigenvalue weighted by atomic mass is 16.6. The average Bonchev–Trinajstić information content (AvgIpc) is 3.11. The quantitative estimate of drug-likeness (QED) is 0.693. The highest BCUT2D eigenvalue weighted by Gasteiger charge is 2.36. The Morgan fingerprint density at radius 3 is 2.62 bits per heavy atom. The van der Waals surface area contributed by atoms with Crippen LogP contribution in [-0.4, -0.2) is 51.2 Å². The first-order valence-electron chi connectivity index (χ1n) is 7.79. The first-order valence-corrected chi connectivity index (χ1v) is 7.79. The van der Waals surface area contributed by atoms with Crippen LogP contribution >= 0.6 is 0 Å². The van der Waals surface area contributed by atoms with E-state index in [9.17, 15) is 14.4 Å². The van der Waals surface area contributed by atoms with Crippen LogP contribution < -0.4 is 10.9 Å². The van der Waals surface area contributed by atoms with Crippen molar-refractivity contribution in [3.63, 3.8) is 0 Å². The summed E-state index contributed by atoms with van der Waals surface area (Å²) in [6, 6.07) is 0.894. The van der Waals surface area contributed by atoms with E-state index in [0.29, 0.717) is 19.4 Å². The van der Waals surface area contributed by atoms with Gasteiger partial charge in [-0.1, -0.05) is 0 Å². The monoisotopic (exact) mass is 337 g/mol. The molecule has 9 heteroatoms. The lowest BCUT2D eigenvalue weighted by atomic mass is 10.2. The Hall–Kier alpha value is -2.58. The SMILES string of the molecule is Cc1cc(C(=O)NNC(=O)C2CCCN2C(=O)OC(C)(C)C)n[nH]1. The topological polar surface area (TPSA) is 116 Å². The van der Waals surface area contributed by atoms with Crippen LogP contribution in [0.3, 0.4) is 0 Å². The highest BCUT2D eigenvalue weighted by molar-refractivity contribution is 5.94. The number of likely N-dealkylation sites (tertiary alicyclic amines) is 1. The number of aryl methyl sites for hydroxylation is 1. The molecule has 132 valence electrons. The minimum Gasteiger partial charge on any atom is -0.444 e. The molecule has 1 aromatic heterocycles. The number of rotatable bonds is 2. The summed E-state index contributed by atoms with van der Waals surface area (Å²) in [6.45, 7) is 7.51. The van der Waals surface area contributed by atoms with E-state index in [4.69, 9.17) is 4.74 Å². The van der Waals surface area contributed by atoms with Crippen LogP contribution in [0.25, 0.3) is 0 Å². The van der Waals surface area contributed by atoms with Gasteiger partial charge in [0.2, 0.25) is 0 Å². The van der Waals surface area contributed by atoms with E-state index in [1.807, 2.05) is 0 Å². The summed E-state index contributed by atoms with van der Waals surface area (Å²) in [6.07, 6.45) is 0.682. The number of aromatic nitrogens is 2. The van der Waals surface area contributed by atoms with Crippen molar-refractivity contribution in [3.8, 4) is 0 Å². The second kappa shape index (κ2) is 6.90. The van der Waals surface area contributed by atoms with Crippen molar-refractivity contribution < 1.29 is 19.1 Å². The number of amides is 3. The molecule has 0 saturated carbocycles. The van der Waals surface area contributed by atoms with Crippen LogP contribution in [0.5, 0.6) is 0 Å². The molecular formula is C15H23N5O4. The Kier molecular flexibility index (Phi) is 5.10. The Morgan fingerprint density at radius 1 is 1.33 bits per heavy atom. The van der Waals surface area contributed by atoms with Crippen molar-refractivity contribution in [1.29, 1.82) is 0 Å². The third kappa shape index (κ3) is 4.46. The number of nitrogens with zero attached hydrogens (tertiary/aromatic N) is 2. The molecule has 1 aliphatic heterocycles. The second-order valence-electron chi connectivity index (χ2n) is 6.71. The molecule has 1 unspecified atom stereocenters. The fraction of sp³-hybridized carbons (Fsp3) is 0.600. The number of nitrogens with one attached hydrogen (secondary N) is 3. The van der Waals surface area contributed by atoms with Gasteiger partial charge in [0.25, 0.3) is 11.8 Å². The number of hydrogen-bond donors (Lipinski definition) is 3. The van der Waals surface area contributed by atoms with E-state index in [1.165, 1.54) is 4.90 Å². The summed E-state index contributed by atoms with van der Waals surface area (Å²) in [7, 11) is 0. The smallest absolute Gasteiger partial charge is 0.410 e. The van der Waals surface area contributed by atoms with Gasteiger partial charge in [0.1, 0.15) is 11.6 Å². The maximum atomic E-state index is 12.3. The van der Waals surface area contributed by atoms with Crippen LogP contribution in [-0.2, 0) is 9.53 Å². The van der Waals surface area contributed by atoms with E-state index in [0.717, 1.165) is 5.69 Å². The van der Waals surface area contributed by atoms with Crippen LogP contribution in [0.15, 0.2) is 6.07 Å². The van der Waals surface area contributed by atoms with E-state index in [-0.39, 0.29) is 5.69 Å². The summed E-state index contributed by atoms with van der Waals surface area (Å²) in [4.78, 5) is 37.7. The van der Waals surface area contributed by atoms with Crippen molar-refractivity contribution in [3.05, 3.63) is 17.5 Å². The molecule has 0 radical (unpaired) electrons. The molecule has 1 aliphatic rings. The van der Waals surface area contributed by atoms with Gasteiger partial charge in [-0.25, -0.2) is 4.79 Å². The van der Waals surface area contributed by atoms with E-state index in [2.05, 4.69) is 21.0 Å². The van der Waals surface area contributed by atoms with Gasteiger partial charge in [-0.2, -0.15) is 5.10 Å². The molecule has 1 fully saturated rings. The molecule has 2 heterocycles. The average molecular weight is 337 g/mol. The minimum absolute atomic E-state index is 0.170. The van der Waals surface area contributed by atoms with E-state index < -0.39 is 29.6 Å². The molecule has 2 rings (SSSR count). The van der Waals surface area contributed by atoms with Gasteiger partial charge in [0.05, 0.1) is 0 Å². The standard InChI is InChI=1S/C15H23N5O4/c1-9-8-10(17-16-9)12(21)18-19-13(22)11-6-5-7-20(11)14(23)24-15(2,3)4/h8,11H,5-7H2,1-4H3,(H,16,17)(H,18,21)(H,19,22). The normalized spacial score (nSPS) is 17.5. The zero-order chi connectivity index (χ0) is 17.9. The molecule has 9 nitrogen and oxygen atoms in total. The van der Waals surface area contributed by atoms with Crippen LogP contribution in [0.4, 0.5) is 4.79 Å². The molecule has 1 saturated heterocycles. The lowest BCUT2D eigenvalue weighted by Gasteiger charge is -2.27. The van der Waals surface area contributed by atoms with Gasteiger partial charge in [-0.3, -0.25) is 30.4 Å². The van der Waals surface area contributed by atoms with Gasteiger partial charge >= 0.3 is 6.09 Å². The predicted molar refractivity (Wildman–Crippen MR) is 84.9 cm³/mol. The Bertz CT molecular complexity index is 634. The lowest BCUT2D eigenvalue weighted by molar-refractivity contribution is -0.126. The summed E-state index contributed by atoms with van der Waals surface area (Å²) >= 11 is 0. The molecule has 24 heavy (non-hydrogen) atoms. The van der Waals surface area contributed by atoms with Gasteiger partial charge in [-0.15, -0.1) is 0 Å². The highest BCUT2D eigenvalue weighted by Crippen LogP contribution is 2.20. The lowest BCUT2D eigenvalue weighted by Crippen LogP contribution is -2.52. The third-order valence-electron chi connectivity index (χ3n) is 3.42. The maximum absolute atomic E-state index is 12.3. The zero-order valence-corrected chi connectivity index (χ0v) is 14.3. The number of ether oxygens (including phenoxy) is 1. The molecule has 1 atom stereocenters.